The molecule has 15 heteroatoms. The zero-order chi connectivity index (χ0) is 29.6. The lowest BCUT2D eigenvalue weighted by atomic mass is 10.1. The standard InChI is InChI=1S/C25H22ClF4N3O6S/c1-12(2)37-19(23(35)38-39-24(36)25(28,29)30)9-14-6-7-31-16(8-14)11-32-21(34)20-13(3)33-22(40-20)15-4-5-18(27)17(26)10-15/h4-8,10,12,19H,9,11H2,1-3H3,(H,32,34). The Morgan fingerprint density at radius 2 is 1.85 bits per heavy atom. The first-order valence-corrected chi connectivity index (χ1v) is 12.7. The van der Waals surface area contributed by atoms with Crippen LogP contribution in [0.5, 0.6) is 0 Å². The van der Waals surface area contributed by atoms with Crippen LogP contribution in [0.15, 0.2) is 36.5 Å². The Bertz CT molecular complexity index is 1400. The summed E-state index contributed by atoms with van der Waals surface area (Å²) in [6, 6.07) is 7.21. The van der Waals surface area contributed by atoms with Crippen molar-refractivity contribution < 1.29 is 46.5 Å². The van der Waals surface area contributed by atoms with Crippen LogP contribution in [0.4, 0.5) is 17.6 Å². The van der Waals surface area contributed by atoms with Gasteiger partial charge in [0.05, 0.1) is 29.1 Å². The Balaban J connectivity index is 1.65. The number of halogens is 5. The van der Waals surface area contributed by atoms with E-state index in [-0.39, 0.29) is 18.0 Å². The van der Waals surface area contributed by atoms with Gasteiger partial charge < -0.3 is 10.1 Å². The number of benzene rings is 1. The maximum atomic E-state index is 13.5. The summed E-state index contributed by atoms with van der Waals surface area (Å²) in [7, 11) is 0. The summed E-state index contributed by atoms with van der Waals surface area (Å²) >= 11 is 6.94. The van der Waals surface area contributed by atoms with Gasteiger partial charge in [-0.2, -0.15) is 13.2 Å². The summed E-state index contributed by atoms with van der Waals surface area (Å²) < 4.78 is 55.8. The first-order valence-electron chi connectivity index (χ1n) is 11.5. The number of nitrogens with zero attached hydrogens (tertiary/aromatic N) is 2. The highest BCUT2D eigenvalue weighted by atomic mass is 35.5. The van der Waals surface area contributed by atoms with E-state index in [0.29, 0.717) is 32.4 Å². The molecule has 2 heterocycles. The fraction of sp³-hybridized carbons (Fsp3) is 0.320. The molecule has 0 bridgehead atoms. The molecule has 1 unspecified atom stereocenters. The Morgan fingerprint density at radius 3 is 2.50 bits per heavy atom. The molecule has 3 rings (SSSR count). The quantitative estimate of drug-likeness (QED) is 0.203. The number of ether oxygens (including phenoxy) is 1. The van der Waals surface area contributed by atoms with Crippen molar-refractivity contribution in [2.75, 3.05) is 0 Å². The maximum absolute atomic E-state index is 13.5. The van der Waals surface area contributed by atoms with E-state index in [1.807, 2.05) is 0 Å². The molecule has 0 saturated carbocycles. The van der Waals surface area contributed by atoms with Crippen LogP contribution in [0.3, 0.4) is 0 Å². The molecule has 40 heavy (non-hydrogen) atoms. The number of hydrogen-bond acceptors (Lipinski definition) is 9. The van der Waals surface area contributed by atoms with E-state index in [1.54, 1.807) is 26.8 Å². The summed E-state index contributed by atoms with van der Waals surface area (Å²) in [5.41, 5.74) is 1.89. The molecule has 1 N–H and O–H groups in total. The van der Waals surface area contributed by atoms with Gasteiger partial charge in [-0.15, -0.1) is 11.3 Å². The van der Waals surface area contributed by atoms with E-state index >= 15 is 0 Å². The Labute approximate surface area is 234 Å². The molecule has 0 aliphatic carbocycles. The van der Waals surface area contributed by atoms with Crippen LogP contribution in [0.1, 0.15) is 40.5 Å². The van der Waals surface area contributed by atoms with Gasteiger partial charge in [0.1, 0.15) is 15.7 Å². The van der Waals surface area contributed by atoms with Gasteiger partial charge in [-0.3, -0.25) is 9.78 Å². The van der Waals surface area contributed by atoms with Gasteiger partial charge in [-0.05, 0) is 56.7 Å². The molecular weight excluding hydrogens is 582 g/mol. The van der Waals surface area contributed by atoms with Crippen molar-refractivity contribution in [1.82, 2.24) is 15.3 Å². The van der Waals surface area contributed by atoms with Crippen molar-refractivity contribution in [1.29, 1.82) is 0 Å². The lowest BCUT2D eigenvalue weighted by Gasteiger charge is -2.18. The Kier molecular flexibility index (Phi) is 10.2. The summed E-state index contributed by atoms with van der Waals surface area (Å²) in [6.07, 6.45) is -6.00. The largest absolute Gasteiger partial charge is 0.495 e. The van der Waals surface area contributed by atoms with Crippen LogP contribution in [0, 0.1) is 12.7 Å². The molecule has 0 saturated heterocycles. The van der Waals surface area contributed by atoms with E-state index in [1.165, 1.54) is 30.5 Å². The number of carbonyl (C=O) groups is 3. The van der Waals surface area contributed by atoms with E-state index in [4.69, 9.17) is 16.3 Å². The minimum absolute atomic E-state index is 0.00886. The zero-order valence-corrected chi connectivity index (χ0v) is 22.7. The molecule has 0 aliphatic heterocycles. The molecule has 0 radical (unpaired) electrons. The van der Waals surface area contributed by atoms with Crippen molar-refractivity contribution in [2.45, 2.75) is 52.1 Å². The third kappa shape index (κ3) is 8.44. The fourth-order valence-corrected chi connectivity index (χ4v) is 4.43. The number of carbonyl (C=O) groups excluding carboxylic acids is 3. The number of rotatable bonds is 9. The van der Waals surface area contributed by atoms with Crippen molar-refractivity contribution >= 4 is 40.8 Å². The van der Waals surface area contributed by atoms with Crippen LogP contribution in [0.2, 0.25) is 5.02 Å². The van der Waals surface area contributed by atoms with E-state index in [0.717, 1.165) is 11.3 Å². The van der Waals surface area contributed by atoms with Gasteiger partial charge in [0.15, 0.2) is 6.10 Å². The number of thiazole rings is 1. The SMILES string of the molecule is Cc1nc(-c2ccc(F)c(Cl)c2)sc1C(=O)NCc1cc(CC(OC(C)C)C(=O)OOC(=O)C(F)(F)F)ccn1. The van der Waals surface area contributed by atoms with Gasteiger partial charge >= 0.3 is 18.1 Å². The molecule has 1 atom stereocenters. The van der Waals surface area contributed by atoms with E-state index < -0.39 is 42.0 Å². The maximum Gasteiger partial charge on any atom is 0.495 e. The topological polar surface area (TPSA) is 117 Å². The molecule has 3 aromatic rings. The van der Waals surface area contributed by atoms with Crippen LogP contribution < -0.4 is 5.32 Å². The number of alkyl halides is 3. The summed E-state index contributed by atoms with van der Waals surface area (Å²) in [5.74, 6) is -5.03. The highest BCUT2D eigenvalue weighted by molar-refractivity contribution is 7.17. The molecule has 214 valence electrons. The molecule has 1 aromatic carbocycles. The van der Waals surface area contributed by atoms with Gasteiger partial charge in [0.25, 0.3) is 5.91 Å². The van der Waals surface area contributed by atoms with Crippen LogP contribution in [0.25, 0.3) is 10.6 Å². The molecular formula is C25H22ClF4N3O6S. The molecule has 9 nitrogen and oxygen atoms in total. The number of aryl methyl sites for hydroxylation is 1. The van der Waals surface area contributed by atoms with Crippen molar-refractivity contribution in [3.05, 3.63) is 69.2 Å². The van der Waals surface area contributed by atoms with Crippen LogP contribution in [-0.2, 0) is 37.1 Å². The Hall–Kier alpha value is -3.62. The number of hydrogen-bond donors (Lipinski definition) is 1. The van der Waals surface area contributed by atoms with E-state index in [9.17, 15) is 31.9 Å². The summed E-state index contributed by atoms with van der Waals surface area (Å²) in [5, 5.41) is 3.13. The first-order chi connectivity index (χ1) is 18.7. The smallest absolute Gasteiger partial charge is 0.363 e. The first kappa shape index (κ1) is 30.9. The predicted molar refractivity (Wildman–Crippen MR) is 135 cm³/mol. The minimum atomic E-state index is -5.34. The predicted octanol–water partition coefficient (Wildman–Crippen LogP) is 5.14. The van der Waals surface area contributed by atoms with Crippen LogP contribution >= 0.6 is 22.9 Å². The zero-order valence-electron chi connectivity index (χ0n) is 21.2. The highest BCUT2D eigenvalue weighted by Gasteiger charge is 2.43. The normalized spacial score (nSPS) is 12.2. The molecule has 1 amide bonds. The lowest BCUT2D eigenvalue weighted by Crippen LogP contribution is -2.34. The molecule has 0 spiro atoms. The molecule has 0 fully saturated rings. The average molecular weight is 604 g/mol. The summed E-state index contributed by atoms with van der Waals surface area (Å²) in [4.78, 5) is 52.4. The molecule has 2 aromatic heterocycles. The average Bonchev–Trinajstić information content (AvgIpc) is 3.27. The number of nitrogens with one attached hydrogen (secondary N) is 1. The minimum Gasteiger partial charge on any atom is -0.363 e. The van der Waals surface area contributed by atoms with Crippen molar-refractivity contribution in [3.63, 3.8) is 0 Å². The van der Waals surface area contributed by atoms with Crippen molar-refractivity contribution in [3.8, 4) is 10.6 Å². The van der Waals surface area contributed by atoms with Crippen molar-refractivity contribution in [2.24, 2.45) is 0 Å². The highest BCUT2D eigenvalue weighted by Crippen LogP contribution is 2.30. The van der Waals surface area contributed by atoms with Gasteiger partial charge in [0.2, 0.25) is 0 Å². The third-order valence-corrected chi connectivity index (χ3v) is 6.53. The second-order valence-corrected chi connectivity index (χ2v) is 9.96. The van der Waals surface area contributed by atoms with Gasteiger partial charge in [-0.1, -0.05) is 11.6 Å². The third-order valence-electron chi connectivity index (χ3n) is 5.03. The lowest BCUT2D eigenvalue weighted by molar-refractivity contribution is -0.290. The van der Waals surface area contributed by atoms with Gasteiger partial charge in [-0.25, -0.2) is 28.7 Å². The number of pyridine rings is 1. The fourth-order valence-electron chi connectivity index (χ4n) is 3.27. The number of aromatic nitrogens is 2. The Morgan fingerprint density at radius 1 is 1.12 bits per heavy atom. The number of amides is 1. The van der Waals surface area contributed by atoms with E-state index in [2.05, 4.69) is 25.1 Å². The summed E-state index contributed by atoms with van der Waals surface area (Å²) in [6.45, 7) is 4.82. The second-order valence-electron chi connectivity index (χ2n) is 8.55. The second kappa shape index (κ2) is 13.2. The van der Waals surface area contributed by atoms with Crippen LogP contribution in [-0.4, -0.2) is 46.2 Å². The molecule has 0 aliphatic rings. The van der Waals surface area contributed by atoms with Gasteiger partial charge in [0, 0.05) is 18.2 Å². The monoisotopic (exact) mass is 603 g/mol.